The third-order valence-electron chi connectivity index (χ3n) is 1.90. The van der Waals surface area contributed by atoms with Gasteiger partial charge in [0, 0.05) is 9.75 Å². The molecule has 2 aromatic rings. The van der Waals surface area contributed by atoms with Gasteiger partial charge in [-0.1, -0.05) is 6.07 Å². The first kappa shape index (κ1) is 11.6. The minimum Gasteiger partial charge on any atom is -0.478 e. The quantitative estimate of drug-likeness (QED) is 0.862. The Hall–Kier alpha value is -0.910. The first-order valence-corrected chi connectivity index (χ1v) is 6.90. The van der Waals surface area contributed by atoms with Gasteiger partial charge in [-0.15, -0.1) is 22.7 Å². The van der Waals surface area contributed by atoms with Gasteiger partial charge in [-0.25, -0.2) is 4.79 Å². The highest BCUT2D eigenvalue weighted by molar-refractivity contribution is 9.11. The smallest absolute Gasteiger partial charge is 0.337 e. The van der Waals surface area contributed by atoms with Crippen molar-refractivity contribution < 1.29 is 9.90 Å². The van der Waals surface area contributed by atoms with E-state index in [9.17, 15) is 4.79 Å². The molecule has 0 amide bonds. The third kappa shape index (κ3) is 2.61. The minimum absolute atomic E-state index is 0.337. The standard InChI is InChI=1S/C11H7BrO2S2/c12-10-4-3-7(16-10)6-8(11(13)14)9-2-1-5-15-9/h1-6H,(H,13,14)/b8-6-. The lowest BCUT2D eigenvalue weighted by atomic mass is 10.2. The Bertz CT molecular complexity index is 526. The van der Waals surface area contributed by atoms with Gasteiger partial charge in [-0.2, -0.15) is 0 Å². The number of aliphatic carboxylic acids is 1. The molecule has 0 radical (unpaired) electrons. The Morgan fingerprint density at radius 3 is 2.69 bits per heavy atom. The Morgan fingerprint density at radius 1 is 1.38 bits per heavy atom. The Balaban J connectivity index is 2.41. The van der Waals surface area contributed by atoms with Crippen LogP contribution in [0.1, 0.15) is 9.75 Å². The number of hydrogen-bond donors (Lipinski definition) is 1. The predicted molar refractivity (Wildman–Crippen MR) is 71.8 cm³/mol. The van der Waals surface area contributed by atoms with Gasteiger partial charge in [0.05, 0.1) is 9.36 Å². The molecule has 0 atom stereocenters. The van der Waals surface area contributed by atoms with Crippen LogP contribution in [-0.2, 0) is 4.79 Å². The SMILES string of the molecule is O=C(O)/C(=C\c1ccc(Br)s1)c1cccs1. The number of thiophene rings is 2. The van der Waals surface area contributed by atoms with E-state index in [1.54, 1.807) is 6.08 Å². The van der Waals surface area contributed by atoms with E-state index in [0.29, 0.717) is 5.57 Å². The molecule has 0 bridgehead atoms. The summed E-state index contributed by atoms with van der Waals surface area (Å²) in [5.74, 6) is -0.896. The average molecular weight is 315 g/mol. The van der Waals surface area contributed by atoms with E-state index in [2.05, 4.69) is 15.9 Å². The van der Waals surface area contributed by atoms with Gasteiger partial charge in [0.2, 0.25) is 0 Å². The zero-order chi connectivity index (χ0) is 11.5. The van der Waals surface area contributed by atoms with Crippen LogP contribution in [0.2, 0.25) is 0 Å². The molecule has 0 saturated heterocycles. The Labute approximate surface area is 109 Å². The molecule has 2 nitrogen and oxygen atoms in total. The number of carboxylic acid groups (broad SMARTS) is 1. The molecule has 16 heavy (non-hydrogen) atoms. The average Bonchev–Trinajstić information content (AvgIpc) is 2.84. The highest BCUT2D eigenvalue weighted by Crippen LogP contribution is 2.28. The number of hydrogen-bond acceptors (Lipinski definition) is 3. The summed E-state index contributed by atoms with van der Waals surface area (Å²) in [5, 5.41) is 11.0. The molecular weight excluding hydrogens is 308 g/mol. The zero-order valence-electron chi connectivity index (χ0n) is 8.01. The molecule has 1 N–H and O–H groups in total. The summed E-state index contributed by atoms with van der Waals surface area (Å²) in [7, 11) is 0. The first-order valence-electron chi connectivity index (χ1n) is 4.41. The van der Waals surface area contributed by atoms with E-state index < -0.39 is 5.97 Å². The van der Waals surface area contributed by atoms with Crippen molar-refractivity contribution in [2.75, 3.05) is 0 Å². The minimum atomic E-state index is -0.896. The van der Waals surface area contributed by atoms with Gasteiger partial charge < -0.3 is 5.11 Å². The number of carbonyl (C=O) groups is 1. The van der Waals surface area contributed by atoms with Gasteiger partial charge in [-0.3, -0.25) is 0 Å². The van der Waals surface area contributed by atoms with E-state index in [1.807, 2.05) is 29.6 Å². The van der Waals surface area contributed by atoms with Crippen LogP contribution in [0.5, 0.6) is 0 Å². The van der Waals surface area contributed by atoms with Crippen molar-refractivity contribution in [3.05, 3.63) is 43.2 Å². The van der Waals surface area contributed by atoms with Crippen molar-refractivity contribution in [2.24, 2.45) is 0 Å². The maximum Gasteiger partial charge on any atom is 0.337 e. The van der Waals surface area contributed by atoms with Crippen LogP contribution in [0.4, 0.5) is 0 Å². The monoisotopic (exact) mass is 314 g/mol. The normalized spacial score (nSPS) is 11.7. The molecule has 0 aromatic carbocycles. The third-order valence-corrected chi connectivity index (χ3v) is 4.37. The second-order valence-corrected chi connectivity index (χ2v) is 6.42. The Kier molecular flexibility index (Phi) is 3.58. The second-order valence-electron chi connectivity index (χ2n) is 2.98. The zero-order valence-corrected chi connectivity index (χ0v) is 11.2. The summed E-state index contributed by atoms with van der Waals surface area (Å²) >= 11 is 6.29. The van der Waals surface area contributed by atoms with E-state index in [-0.39, 0.29) is 0 Å². The van der Waals surface area contributed by atoms with Gasteiger partial charge in [0.1, 0.15) is 0 Å². The van der Waals surface area contributed by atoms with Crippen LogP contribution in [0, 0.1) is 0 Å². The van der Waals surface area contributed by atoms with Crippen molar-refractivity contribution in [2.45, 2.75) is 0 Å². The molecule has 0 fully saturated rings. The Morgan fingerprint density at radius 2 is 2.19 bits per heavy atom. The topological polar surface area (TPSA) is 37.3 Å². The van der Waals surface area contributed by atoms with Crippen LogP contribution < -0.4 is 0 Å². The van der Waals surface area contributed by atoms with Crippen LogP contribution in [0.25, 0.3) is 11.6 Å². The lowest BCUT2D eigenvalue weighted by Crippen LogP contribution is -1.97. The molecule has 82 valence electrons. The van der Waals surface area contributed by atoms with Crippen molar-refractivity contribution >= 4 is 56.2 Å². The summed E-state index contributed by atoms with van der Waals surface area (Å²) < 4.78 is 0.995. The molecule has 2 rings (SSSR count). The van der Waals surface area contributed by atoms with Gasteiger partial charge in [-0.05, 0) is 45.6 Å². The fraction of sp³-hybridized carbons (Fsp3) is 0. The predicted octanol–water partition coefficient (Wildman–Crippen LogP) is 4.20. The van der Waals surface area contributed by atoms with Crippen LogP contribution in [0.3, 0.4) is 0 Å². The summed E-state index contributed by atoms with van der Waals surface area (Å²) in [5.41, 5.74) is 0.337. The van der Waals surface area contributed by atoms with Crippen molar-refractivity contribution in [3.63, 3.8) is 0 Å². The van der Waals surface area contributed by atoms with Gasteiger partial charge in [0.15, 0.2) is 0 Å². The molecule has 0 aliphatic carbocycles. The van der Waals surface area contributed by atoms with Crippen LogP contribution in [-0.4, -0.2) is 11.1 Å². The maximum absolute atomic E-state index is 11.1. The van der Waals surface area contributed by atoms with E-state index >= 15 is 0 Å². The molecule has 0 saturated carbocycles. The molecule has 0 spiro atoms. The molecule has 0 unspecified atom stereocenters. The molecule has 5 heteroatoms. The van der Waals surface area contributed by atoms with E-state index in [0.717, 1.165) is 13.5 Å². The summed E-state index contributed by atoms with van der Waals surface area (Å²) in [4.78, 5) is 12.8. The maximum atomic E-state index is 11.1. The highest BCUT2D eigenvalue weighted by Gasteiger charge is 2.11. The van der Waals surface area contributed by atoms with Crippen LogP contribution >= 0.6 is 38.6 Å². The van der Waals surface area contributed by atoms with E-state index in [4.69, 9.17) is 5.11 Å². The molecule has 0 aliphatic heterocycles. The van der Waals surface area contributed by atoms with Crippen molar-refractivity contribution in [1.29, 1.82) is 0 Å². The summed E-state index contributed by atoms with van der Waals surface area (Å²) in [6.07, 6.45) is 1.70. The summed E-state index contributed by atoms with van der Waals surface area (Å²) in [6, 6.07) is 7.46. The molecule has 0 aliphatic rings. The first-order chi connectivity index (χ1) is 7.66. The van der Waals surface area contributed by atoms with E-state index in [1.165, 1.54) is 22.7 Å². The van der Waals surface area contributed by atoms with Gasteiger partial charge in [0.25, 0.3) is 0 Å². The summed E-state index contributed by atoms with van der Waals surface area (Å²) in [6.45, 7) is 0. The molecule has 2 aromatic heterocycles. The molecular formula is C11H7BrO2S2. The molecule has 2 heterocycles. The fourth-order valence-corrected chi connectivity index (χ4v) is 3.32. The fourth-order valence-electron chi connectivity index (χ4n) is 1.22. The lowest BCUT2D eigenvalue weighted by molar-refractivity contribution is -0.130. The number of rotatable bonds is 3. The van der Waals surface area contributed by atoms with Gasteiger partial charge >= 0.3 is 5.97 Å². The van der Waals surface area contributed by atoms with Crippen molar-refractivity contribution in [1.82, 2.24) is 0 Å². The van der Waals surface area contributed by atoms with Crippen molar-refractivity contribution in [3.8, 4) is 0 Å². The number of carboxylic acids is 1. The second kappa shape index (κ2) is 4.95. The highest BCUT2D eigenvalue weighted by atomic mass is 79.9. The lowest BCUT2D eigenvalue weighted by Gasteiger charge is -1.97. The number of halogens is 1. The largest absolute Gasteiger partial charge is 0.478 e. The van der Waals surface area contributed by atoms with Crippen LogP contribution in [0.15, 0.2) is 33.4 Å².